The lowest BCUT2D eigenvalue weighted by Gasteiger charge is -2.05. The van der Waals surface area contributed by atoms with Gasteiger partial charge in [-0.2, -0.15) is 0 Å². The third-order valence-electron chi connectivity index (χ3n) is 3.42. The average Bonchev–Trinajstić information content (AvgIpc) is 2.56. The topological polar surface area (TPSA) is 56.5 Å². The average molecular weight is 373 g/mol. The second kappa shape index (κ2) is 6.38. The Hall–Kier alpha value is -2.40. The van der Waals surface area contributed by atoms with Crippen molar-refractivity contribution in [2.75, 3.05) is 0 Å². The van der Waals surface area contributed by atoms with Crippen molar-refractivity contribution in [3.8, 4) is 16.9 Å². The predicted molar refractivity (Wildman–Crippen MR) is 91.5 cm³/mol. The van der Waals surface area contributed by atoms with Crippen LogP contribution in [0.2, 0.25) is 0 Å². The van der Waals surface area contributed by atoms with E-state index in [9.17, 15) is 9.59 Å². The summed E-state index contributed by atoms with van der Waals surface area (Å²) >= 11 is 3.37. The van der Waals surface area contributed by atoms with Crippen molar-refractivity contribution in [3.63, 3.8) is 0 Å². The van der Waals surface area contributed by atoms with Crippen molar-refractivity contribution in [2.45, 2.75) is 13.3 Å². The van der Waals surface area contributed by atoms with Gasteiger partial charge in [-0.05, 0) is 29.8 Å². The molecular formula is C18H13BrO4. The molecule has 3 rings (SSSR count). The van der Waals surface area contributed by atoms with Crippen LogP contribution in [-0.4, -0.2) is 5.97 Å². The lowest BCUT2D eigenvalue weighted by molar-refractivity contribution is -0.134. The highest BCUT2D eigenvalue weighted by atomic mass is 79.9. The van der Waals surface area contributed by atoms with Gasteiger partial charge >= 0.3 is 5.97 Å². The Balaban J connectivity index is 2.06. The summed E-state index contributed by atoms with van der Waals surface area (Å²) in [6.07, 6.45) is 1.71. The summed E-state index contributed by atoms with van der Waals surface area (Å²) in [5.41, 5.74) is 1.54. The molecule has 2 aromatic carbocycles. The standard InChI is InChI=1S/C18H13BrO4/c1-2-17(20)23-13-7-8-14-16(9-13)22-10-15(18(14)21)11-3-5-12(19)6-4-11/h3-10H,2H2,1H3. The Kier molecular flexibility index (Phi) is 4.30. The number of rotatable bonds is 3. The Morgan fingerprint density at radius 3 is 2.61 bits per heavy atom. The molecule has 0 amide bonds. The lowest BCUT2D eigenvalue weighted by Crippen LogP contribution is -2.07. The molecular weight excluding hydrogens is 360 g/mol. The number of esters is 1. The second-order valence-electron chi connectivity index (χ2n) is 4.97. The van der Waals surface area contributed by atoms with Gasteiger partial charge in [-0.25, -0.2) is 0 Å². The van der Waals surface area contributed by atoms with Gasteiger partial charge in [0.15, 0.2) is 5.43 Å². The molecule has 0 radical (unpaired) electrons. The lowest BCUT2D eigenvalue weighted by atomic mass is 10.1. The first-order chi connectivity index (χ1) is 11.1. The van der Waals surface area contributed by atoms with Crippen LogP contribution in [0, 0.1) is 0 Å². The van der Waals surface area contributed by atoms with Crippen molar-refractivity contribution in [3.05, 3.63) is 63.4 Å². The van der Waals surface area contributed by atoms with E-state index >= 15 is 0 Å². The van der Waals surface area contributed by atoms with E-state index in [1.807, 2.05) is 24.3 Å². The Morgan fingerprint density at radius 2 is 1.91 bits per heavy atom. The van der Waals surface area contributed by atoms with Gasteiger partial charge in [0.25, 0.3) is 0 Å². The van der Waals surface area contributed by atoms with Crippen LogP contribution in [0.1, 0.15) is 13.3 Å². The Morgan fingerprint density at radius 1 is 1.17 bits per heavy atom. The number of halogens is 1. The summed E-state index contributed by atoms with van der Waals surface area (Å²) in [5.74, 6) is 0.0297. The minimum Gasteiger partial charge on any atom is -0.463 e. The fourth-order valence-corrected chi connectivity index (χ4v) is 2.47. The van der Waals surface area contributed by atoms with Gasteiger partial charge in [-0.1, -0.05) is 35.0 Å². The molecule has 0 N–H and O–H groups in total. The smallest absolute Gasteiger partial charge is 0.310 e. The summed E-state index contributed by atoms with van der Waals surface area (Å²) in [5, 5.41) is 0.446. The van der Waals surface area contributed by atoms with Crippen LogP contribution in [0.5, 0.6) is 5.75 Å². The summed E-state index contributed by atoms with van der Waals surface area (Å²) in [4.78, 5) is 24.0. The summed E-state index contributed by atoms with van der Waals surface area (Å²) < 4.78 is 11.6. The molecule has 0 aliphatic carbocycles. The predicted octanol–water partition coefficient (Wildman–Crippen LogP) is 4.54. The number of hydrogen-bond donors (Lipinski definition) is 0. The number of hydrogen-bond acceptors (Lipinski definition) is 4. The van der Waals surface area contributed by atoms with Crippen LogP contribution in [0.3, 0.4) is 0 Å². The van der Waals surface area contributed by atoms with Gasteiger partial charge in [0.2, 0.25) is 0 Å². The fourth-order valence-electron chi connectivity index (χ4n) is 2.20. The van der Waals surface area contributed by atoms with E-state index < -0.39 is 0 Å². The molecule has 4 nitrogen and oxygen atoms in total. The van der Waals surface area contributed by atoms with E-state index in [1.165, 1.54) is 6.26 Å². The van der Waals surface area contributed by atoms with Crippen molar-refractivity contribution in [1.29, 1.82) is 0 Å². The maximum Gasteiger partial charge on any atom is 0.310 e. The molecule has 0 atom stereocenters. The minimum absolute atomic E-state index is 0.123. The molecule has 0 saturated heterocycles. The largest absolute Gasteiger partial charge is 0.463 e. The zero-order valence-corrected chi connectivity index (χ0v) is 13.9. The van der Waals surface area contributed by atoms with Crippen molar-refractivity contribution in [1.82, 2.24) is 0 Å². The van der Waals surface area contributed by atoms with Crippen LogP contribution in [0.4, 0.5) is 0 Å². The first-order valence-electron chi connectivity index (χ1n) is 7.10. The van der Waals surface area contributed by atoms with Gasteiger partial charge in [0.1, 0.15) is 17.6 Å². The SMILES string of the molecule is CCC(=O)Oc1ccc2c(=O)c(-c3ccc(Br)cc3)coc2c1. The molecule has 0 unspecified atom stereocenters. The van der Waals surface area contributed by atoms with E-state index in [1.54, 1.807) is 25.1 Å². The van der Waals surface area contributed by atoms with Crippen LogP contribution < -0.4 is 10.2 Å². The van der Waals surface area contributed by atoms with Crippen LogP contribution in [0.25, 0.3) is 22.1 Å². The molecule has 3 aromatic rings. The van der Waals surface area contributed by atoms with Crippen molar-refractivity contribution >= 4 is 32.9 Å². The van der Waals surface area contributed by atoms with E-state index in [-0.39, 0.29) is 17.8 Å². The quantitative estimate of drug-likeness (QED) is 0.500. The number of fused-ring (bicyclic) bond motifs is 1. The molecule has 0 spiro atoms. The van der Waals surface area contributed by atoms with Gasteiger partial charge in [0, 0.05) is 17.0 Å². The number of benzene rings is 2. The third kappa shape index (κ3) is 3.19. The minimum atomic E-state index is -0.335. The summed E-state index contributed by atoms with van der Waals surface area (Å²) in [7, 11) is 0. The molecule has 0 saturated carbocycles. The molecule has 116 valence electrons. The number of carbonyl (C=O) groups excluding carboxylic acids is 1. The third-order valence-corrected chi connectivity index (χ3v) is 3.95. The maximum atomic E-state index is 12.6. The van der Waals surface area contributed by atoms with E-state index in [0.29, 0.717) is 22.3 Å². The van der Waals surface area contributed by atoms with Gasteiger partial charge < -0.3 is 9.15 Å². The van der Waals surface area contributed by atoms with Crippen LogP contribution >= 0.6 is 15.9 Å². The normalized spacial score (nSPS) is 10.7. The molecule has 5 heteroatoms. The second-order valence-corrected chi connectivity index (χ2v) is 5.89. The Bertz CT molecular complexity index is 926. The highest BCUT2D eigenvalue weighted by Crippen LogP contribution is 2.24. The van der Waals surface area contributed by atoms with E-state index in [2.05, 4.69) is 15.9 Å². The van der Waals surface area contributed by atoms with Crippen LogP contribution in [-0.2, 0) is 4.79 Å². The zero-order valence-electron chi connectivity index (χ0n) is 12.3. The van der Waals surface area contributed by atoms with E-state index in [0.717, 1.165) is 10.0 Å². The zero-order chi connectivity index (χ0) is 16.4. The summed E-state index contributed by atoms with van der Waals surface area (Å²) in [6.45, 7) is 1.72. The monoisotopic (exact) mass is 372 g/mol. The first-order valence-corrected chi connectivity index (χ1v) is 7.90. The number of carbonyl (C=O) groups is 1. The Labute approximate surface area is 140 Å². The van der Waals surface area contributed by atoms with Crippen molar-refractivity contribution in [2.24, 2.45) is 0 Å². The molecule has 0 aliphatic heterocycles. The molecule has 0 bridgehead atoms. The summed E-state index contributed by atoms with van der Waals surface area (Å²) in [6, 6.07) is 12.2. The highest BCUT2D eigenvalue weighted by molar-refractivity contribution is 9.10. The molecule has 23 heavy (non-hydrogen) atoms. The van der Waals surface area contributed by atoms with Gasteiger partial charge in [-0.15, -0.1) is 0 Å². The highest BCUT2D eigenvalue weighted by Gasteiger charge is 2.11. The number of ether oxygens (including phenoxy) is 1. The van der Waals surface area contributed by atoms with Crippen molar-refractivity contribution < 1.29 is 13.9 Å². The van der Waals surface area contributed by atoms with Crippen LogP contribution in [0.15, 0.2) is 62.4 Å². The molecule has 1 heterocycles. The fraction of sp³-hybridized carbons (Fsp3) is 0.111. The maximum absolute atomic E-state index is 12.6. The molecule has 0 aliphatic rings. The molecule has 1 aromatic heterocycles. The van der Waals surface area contributed by atoms with E-state index in [4.69, 9.17) is 9.15 Å². The molecule has 0 fully saturated rings. The van der Waals surface area contributed by atoms with Gasteiger partial charge in [0.05, 0.1) is 10.9 Å². The first kappa shape index (κ1) is 15.5. The van der Waals surface area contributed by atoms with Gasteiger partial charge in [-0.3, -0.25) is 9.59 Å².